The Hall–Kier alpha value is -2.75. The van der Waals surface area contributed by atoms with Crippen LogP contribution < -0.4 is 9.47 Å². The van der Waals surface area contributed by atoms with E-state index in [-0.39, 0.29) is 0 Å². The van der Waals surface area contributed by atoms with Crippen LogP contribution in [-0.2, 0) is 7.05 Å². The third kappa shape index (κ3) is 1.53. The summed E-state index contributed by atoms with van der Waals surface area (Å²) in [5.74, 6) is 0.792. The molecule has 0 spiro atoms. The third-order valence-electron chi connectivity index (χ3n) is 4.09. The van der Waals surface area contributed by atoms with Crippen LogP contribution in [0.25, 0.3) is 32.7 Å². The van der Waals surface area contributed by atoms with E-state index in [2.05, 4.69) is 4.57 Å². The molecule has 0 unspecified atom stereocenters. The van der Waals surface area contributed by atoms with Crippen molar-refractivity contribution in [2.45, 2.75) is 0 Å². The zero-order chi connectivity index (χ0) is 14.6. The highest BCUT2D eigenvalue weighted by Gasteiger charge is 2.16. The molecule has 0 N–H and O–H groups in total. The summed E-state index contributed by atoms with van der Waals surface area (Å²) in [6, 6.07) is 13.6. The van der Waals surface area contributed by atoms with E-state index in [0.29, 0.717) is 5.52 Å². The summed E-state index contributed by atoms with van der Waals surface area (Å²) in [4.78, 5) is 0. The molecule has 4 aromatic rings. The van der Waals surface area contributed by atoms with Crippen LogP contribution in [-0.4, -0.2) is 11.7 Å². The van der Waals surface area contributed by atoms with Crippen molar-refractivity contribution in [3.63, 3.8) is 0 Å². The number of para-hydroxylation sites is 1. The standard InChI is InChI=1S/C17H14N2O2/c1-18-15-8-7-11(21-2)9-13(15)14-10-19(20)16-6-4-3-5-12(16)17(14)18/h3-10H,1-2H3. The van der Waals surface area contributed by atoms with Gasteiger partial charge in [-0.2, -0.15) is 4.73 Å². The van der Waals surface area contributed by atoms with Gasteiger partial charge in [-0.15, -0.1) is 0 Å². The molecule has 4 rings (SSSR count). The summed E-state index contributed by atoms with van der Waals surface area (Å²) in [5.41, 5.74) is 2.84. The van der Waals surface area contributed by atoms with Gasteiger partial charge in [0.2, 0.25) is 5.52 Å². The normalized spacial score (nSPS) is 11.5. The number of aromatic nitrogens is 2. The highest BCUT2D eigenvalue weighted by molar-refractivity contribution is 6.15. The number of hydrogen-bond donors (Lipinski definition) is 0. The molecule has 0 atom stereocenters. The Morgan fingerprint density at radius 3 is 2.67 bits per heavy atom. The van der Waals surface area contributed by atoms with Gasteiger partial charge in [0.25, 0.3) is 0 Å². The van der Waals surface area contributed by atoms with Crippen LogP contribution in [0.15, 0.2) is 48.7 Å². The number of ether oxygens (including phenoxy) is 1. The Bertz CT molecular complexity index is 1000. The minimum atomic E-state index is 0.683. The van der Waals surface area contributed by atoms with Gasteiger partial charge in [0.05, 0.1) is 23.4 Å². The molecule has 0 fully saturated rings. The van der Waals surface area contributed by atoms with Crippen LogP contribution in [0.1, 0.15) is 0 Å². The fourth-order valence-corrected chi connectivity index (χ4v) is 3.09. The maximum absolute atomic E-state index is 12.3. The molecule has 2 aromatic carbocycles. The Morgan fingerprint density at radius 1 is 1.05 bits per heavy atom. The van der Waals surface area contributed by atoms with Gasteiger partial charge >= 0.3 is 0 Å². The Kier molecular flexibility index (Phi) is 2.36. The molecule has 0 aliphatic carbocycles. The molecule has 0 saturated heterocycles. The maximum Gasteiger partial charge on any atom is 0.225 e. The van der Waals surface area contributed by atoms with E-state index in [9.17, 15) is 5.21 Å². The van der Waals surface area contributed by atoms with Crippen molar-refractivity contribution in [3.05, 3.63) is 53.9 Å². The lowest BCUT2D eigenvalue weighted by atomic mass is 10.1. The number of aryl methyl sites for hydroxylation is 1. The smallest absolute Gasteiger partial charge is 0.225 e. The topological polar surface area (TPSA) is 41.1 Å². The molecule has 0 aliphatic rings. The molecule has 2 aromatic heterocycles. The van der Waals surface area contributed by atoms with Crippen LogP contribution in [0.2, 0.25) is 0 Å². The number of hydrogen-bond acceptors (Lipinski definition) is 2. The van der Waals surface area contributed by atoms with Crippen LogP contribution in [0.4, 0.5) is 0 Å². The number of rotatable bonds is 1. The van der Waals surface area contributed by atoms with Crippen LogP contribution in [0, 0.1) is 5.21 Å². The molecule has 0 radical (unpaired) electrons. The Labute approximate surface area is 121 Å². The minimum absolute atomic E-state index is 0.683. The third-order valence-corrected chi connectivity index (χ3v) is 4.09. The van der Waals surface area contributed by atoms with E-state index >= 15 is 0 Å². The summed E-state index contributed by atoms with van der Waals surface area (Å²) in [5, 5.41) is 15.2. The van der Waals surface area contributed by atoms with Crippen molar-refractivity contribution in [1.82, 2.24) is 4.57 Å². The largest absolute Gasteiger partial charge is 0.618 e. The number of pyridine rings is 1. The van der Waals surface area contributed by atoms with E-state index in [0.717, 1.165) is 37.7 Å². The first kappa shape index (κ1) is 12.0. The summed E-state index contributed by atoms with van der Waals surface area (Å²) in [7, 11) is 3.67. The van der Waals surface area contributed by atoms with Gasteiger partial charge in [-0.1, -0.05) is 12.1 Å². The first-order valence-corrected chi connectivity index (χ1v) is 6.78. The summed E-state index contributed by atoms with van der Waals surface area (Å²) < 4.78 is 8.38. The predicted molar refractivity (Wildman–Crippen MR) is 83.4 cm³/mol. The van der Waals surface area contributed by atoms with Gasteiger partial charge in [-0.3, -0.25) is 0 Å². The second-order valence-corrected chi connectivity index (χ2v) is 5.18. The van der Waals surface area contributed by atoms with Crippen molar-refractivity contribution in [2.24, 2.45) is 7.05 Å². The molecule has 0 amide bonds. The summed E-state index contributed by atoms with van der Waals surface area (Å²) in [6.45, 7) is 0. The second kappa shape index (κ2) is 4.12. The molecule has 0 saturated carbocycles. The first-order chi connectivity index (χ1) is 10.2. The highest BCUT2D eigenvalue weighted by atomic mass is 16.5. The van der Waals surface area contributed by atoms with Crippen LogP contribution >= 0.6 is 0 Å². The Morgan fingerprint density at radius 2 is 1.86 bits per heavy atom. The van der Waals surface area contributed by atoms with E-state index in [1.165, 1.54) is 0 Å². The van der Waals surface area contributed by atoms with E-state index in [1.807, 2.05) is 49.5 Å². The van der Waals surface area contributed by atoms with Crippen LogP contribution in [0.3, 0.4) is 0 Å². The van der Waals surface area contributed by atoms with Crippen molar-refractivity contribution in [2.75, 3.05) is 7.11 Å². The van der Waals surface area contributed by atoms with Crippen molar-refractivity contribution >= 4 is 32.7 Å². The van der Waals surface area contributed by atoms with E-state index in [1.54, 1.807) is 13.3 Å². The van der Waals surface area contributed by atoms with Gasteiger partial charge in [-0.25, -0.2) is 0 Å². The Balaban J connectivity index is 2.31. The lowest BCUT2D eigenvalue weighted by Crippen LogP contribution is -2.26. The fourth-order valence-electron chi connectivity index (χ4n) is 3.09. The van der Waals surface area contributed by atoms with Gasteiger partial charge in [-0.05, 0) is 24.3 Å². The monoisotopic (exact) mass is 278 g/mol. The summed E-state index contributed by atoms with van der Waals surface area (Å²) in [6.07, 6.45) is 1.65. The second-order valence-electron chi connectivity index (χ2n) is 5.18. The average Bonchev–Trinajstić information content (AvgIpc) is 2.80. The van der Waals surface area contributed by atoms with Crippen molar-refractivity contribution < 1.29 is 9.47 Å². The number of methoxy groups -OCH3 is 1. The zero-order valence-corrected chi connectivity index (χ0v) is 11.8. The minimum Gasteiger partial charge on any atom is -0.618 e. The zero-order valence-electron chi connectivity index (χ0n) is 11.8. The summed E-state index contributed by atoms with van der Waals surface area (Å²) >= 11 is 0. The van der Waals surface area contributed by atoms with Crippen molar-refractivity contribution in [3.8, 4) is 5.75 Å². The van der Waals surface area contributed by atoms with Gasteiger partial charge in [0, 0.05) is 24.0 Å². The average molecular weight is 278 g/mol. The van der Waals surface area contributed by atoms with E-state index < -0.39 is 0 Å². The lowest BCUT2D eigenvalue weighted by Gasteiger charge is -2.04. The van der Waals surface area contributed by atoms with Crippen molar-refractivity contribution in [1.29, 1.82) is 0 Å². The molecular weight excluding hydrogens is 264 g/mol. The quantitative estimate of drug-likeness (QED) is 0.396. The number of benzene rings is 2. The number of fused-ring (bicyclic) bond motifs is 5. The molecule has 0 bridgehead atoms. The molecule has 4 nitrogen and oxygen atoms in total. The van der Waals surface area contributed by atoms with Gasteiger partial charge in [0.15, 0.2) is 6.20 Å². The fraction of sp³-hybridized carbons (Fsp3) is 0.118. The number of nitrogens with zero attached hydrogens (tertiary/aromatic N) is 2. The molecule has 2 heterocycles. The maximum atomic E-state index is 12.3. The predicted octanol–water partition coefficient (Wildman–Crippen LogP) is 3.13. The van der Waals surface area contributed by atoms with Gasteiger partial charge < -0.3 is 14.5 Å². The molecular formula is C17H14N2O2. The first-order valence-electron chi connectivity index (χ1n) is 6.78. The SMILES string of the molecule is COc1ccc2c(c1)c1c[n+]([O-])c3ccccc3c1n2C. The van der Waals surface area contributed by atoms with Crippen LogP contribution in [0.5, 0.6) is 5.75 Å². The lowest BCUT2D eigenvalue weighted by molar-refractivity contribution is -0.575. The van der Waals surface area contributed by atoms with Gasteiger partial charge in [0.1, 0.15) is 5.75 Å². The van der Waals surface area contributed by atoms with E-state index in [4.69, 9.17) is 4.74 Å². The highest BCUT2D eigenvalue weighted by Crippen LogP contribution is 2.33. The molecule has 104 valence electrons. The molecule has 21 heavy (non-hydrogen) atoms. The molecule has 0 aliphatic heterocycles. The molecule has 4 heteroatoms.